The fourth-order valence-electron chi connectivity index (χ4n) is 1.49. The number of hydrogen-bond acceptors (Lipinski definition) is 5. The highest BCUT2D eigenvalue weighted by Gasteiger charge is 2.03. The van der Waals surface area contributed by atoms with Gasteiger partial charge in [0.2, 0.25) is 0 Å². The van der Waals surface area contributed by atoms with Crippen molar-refractivity contribution in [3.8, 4) is 0 Å². The molecule has 90 valence electrons. The minimum atomic E-state index is 0.208. The lowest BCUT2D eigenvalue weighted by molar-refractivity contribution is 0.737. The molecule has 0 saturated carbocycles. The van der Waals surface area contributed by atoms with Crippen LogP contribution in [0, 0.1) is 6.92 Å². The summed E-state index contributed by atoms with van der Waals surface area (Å²) >= 11 is 3.09. The lowest BCUT2D eigenvalue weighted by atomic mass is 10.1. The van der Waals surface area contributed by atoms with Crippen LogP contribution in [0.1, 0.15) is 18.3 Å². The fourth-order valence-corrected chi connectivity index (χ4v) is 3.11. The molecule has 0 radical (unpaired) electrons. The molecule has 1 atom stereocenters. The summed E-state index contributed by atoms with van der Waals surface area (Å²) in [5.41, 5.74) is 7.04. The molecule has 0 bridgehead atoms. The van der Waals surface area contributed by atoms with E-state index in [1.807, 2.05) is 13.8 Å². The normalized spacial score (nSPS) is 12.6. The third kappa shape index (κ3) is 3.80. The van der Waals surface area contributed by atoms with Crippen LogP contribution in [0.4, 0.5) is 0 Å². The van der Waals surface area contributed by atoms with Gasteiger partial charge in [-0.25, -0.2) is 4.98 Å². The first-order chi connectivity index (χ1) is 8.13. The Bertz CT molecular complexity index is 477. The number of aromatic nitrogens is 2. The Morgan fingerprint density at radius 1 is 1.35 bits per heavy atom. The van der Waals surface area contributed by atoms with Crippen LogP contribution >= 0.6 is 23.3 Å². The fraction of sp³-hybridized carbons (Fsp3) is 0.333. The van der Waals surface area contributed by atoms with Gasteiger partial charge in [-0.15, -0.1) is 0 Å². The van der Waals surface area contributed by atoms with Gasteiger partial charge in [-0.2, -0.15) is 4.37 Å². The van der Waals surface area contributed by atoms with Crippen LogP contribution in [-0.4, -0.2) is 15.4 Å². The van der Waals surface area contributed by atoms with Crippen molar-refractivity contribution in [3.63, 3.8) is 0 Å². The molecule has 2 rings (SSSR count). The highest BCUT2D eigenvalue weighted by atomic mass is 32.2. The van der Waals surface area contributed by atoms with Crippen LogP contribution in [-0.2, 0) is 6.42 Å². The van der Waals surface area contributed by atoms with Crippen molar-refractivity contribution < 1.29 is 0 Å². The first-order valence-corrected chi connectivity index (χ1v) is 7.05. The zero-order chi connectivity index (χ0) is 12.3. The molecule has 0 aliphatic heterocycles. The van der Waals surface area contributed by atoms with E-state index >= 15 is 0 Å². The van der Waals surface area contributed by atoms with Gasteiger partial charge in [-0.05, 0) is 49.5 Å². The Labute approximate surface area is 110 Å². The molecule has 1 aromatic heterocycles. The standard InChI is InChI=1S/C12H15N3S2/c1-8(13)7-10-3-5-11(6-4-10)16-12-14-9(2)15-17-12/h3-6,8H,7,13H2,1-2H3. The molecule has 2 N–H and O–H groups in total. The van der Waals surface area contributed by atoms with Gasteiger partial charge < -0.3 is 5.73 Å². The van der Waals surface area contributed by atoms with E-state index in [4.69, 9.17) is 5.73 Å². The summed E-state index contributed by atoms with van der Waals surface area (Å²) in [6, 6.07) is 8.68. The first kappa shape index (κ1) is 12.5. The quantitative estimate of drug-likeness (QED) is 0.923. The molecule has 0 saturated heterocycles. The average Bonchev–Trinajstić information content (AvgIpc) is 2.66. The lowest BCUT2D eigenvalue weighted by Gasteiger charge is -2.05. The predicted octanol–water partition coefficient (Wildman–Crippen LogP) is 2.89. The molecular weight excluding hydrogens is 250 g/mol. The summed E-state index contributed by atoms with van der Waals surface area (Å²) in [5, 5.41) is 0. The van der Waals surface area contributed by atoms with E-state index in [1.54, 1.807) is 11.8 Å². The molecule has 0 aliphatic carbocycles. The zero-order valence-corrected chi connectivity index (χ0v) is 11.5. The maximum atomic E-state index is 5.77. The second kappa shape index (κ2) is 5.62. The van der Waals surface area contributed by atoms with Crippen LogP contribution in [0.15, 0.2) is 33.5 Å². The van der Waals surface area contributed by atoms with Crippen LogP contribution in [0.2, 0.25) is 0 Å². The van der Waals surface area contributed by atoms with Gasteiger partial charge in [0.25, 0.3) is 0 Å². The summed E-state index contributed by atoms with van der Waals surface area (Å²) in [4.78, 5) is 5.52. The van der Waals surface area contributed by atoms with E-state index in [9.17, 15) is 0 Å². The van der Waals surface area contributed by atoms with Crippen molar-refractivity contribution in [2.75, 3.05) is 0 Å². The predicted molar refractivity (Wildman–Crippen MR) is 72.6 cm³/mol. The number of aryl methyl sites for hydroxylation is 1. The van der Waals surface area contributed by atoms with Gasteiger partial charge in [-0.3, -0.25) is 0 Å². The minimum absolute atomic E-state index is 0.208. The maximum absolute atomic E-state index is 5.77. The molecule has 17 heavy (non-hydrogen) atoms. The SMILES string of the molecule is Cc1nsc(Sc2ccc(CC(C)N)cc2)n1. The summed E-state index contributed by atoms with van der Waals surface area (Å²) in [6.07, 6.45) is 0.920. The van der Waals surface area contributed by atoms with Crippen molar-refractivity contribution in [2.45, 2.75) is 35.5 Å². The molecule has 2 aromatic rings. The number of rotatable bonds is 4. The summed E-state index contributed by atoms with van der Waals surface area (Å²) in [5.74, 6) is 0.839. The van der Waals surface area contributed by atoms with Crippen LogP contribution in [0.5, 0.6) is 0 Å². The summed E-state index contributed by atoms with van der Waals surface area (Å²) in [6.45, 7) is 3.93. The highest BCUT2D eigenvalue weighted by molar-refractivity contribution is 8.01. The average molecular weight is 265 g/mol. The topological polar surface area (TPSA) is 51.8 Å². The molecule has 1 aromatic carbocycles. The molecule has 0 fully saturated rings. The lowest BCUT2D eigenvalue weighted by Crippen LogP contribution is -2.17. The maximum Gasteiger partial charge on any atom is 0.174 e. The minimum Gasteiger partial charge on any atom is -0.328 e. The van der Waals surface area contributed by atoms with Crippen molar-refractivity contribution >= 4 is 23.3 Å². The molecule has 0 spiro atoms. The van der Waals surface area contributed by atoms with E-state index in [2.05, 4.69) is 33.6 Å². The Morgan fingerprint density at radius 3 is 2.59 bits per heavy atom. The Kier molecular flexibility index (Phi) is 4.15. The van der Waals surface area contributed by atoms with E-state index in [-0.39, 0.29) is 6.04 Å². The van der Waals surface area contributed by atoms with Crippen molar-refractivity contribution in [2.24, 2.45) is 5.73 Å². The first-order valence-electron chi connectivity index (χ1n) is 5.46. The molecule has 0 amide bonds. The number of nitrogens with zero attached hydrogens (tertiary/aromatic N) is 2. The van der Waals surface area contributed by atoms with Gasteiger partial charge in [0.05, 0.1) is 0 Å². The van der Waals surface area contributed by atoms with Gasteiger partial charge in [0.1, 0.15) is 5.82 Å². The number of nitrogens with two attached hydrogens (primary N) is 1. The van der Waals surface area contributed by atoms with E-state index < -0.39 is 0 Å². The van der Waals surface area contributed by atoms with Crippen molar-refractivity contribution in [1.82, 2.24) is 9.36 Å². The molecule has 1 unspecified atom stereocenters. The van der Waals surface area contributed by atoms with Gasteiger partial charge in [0, 0.05) is 10.9 Å². The number of benzene rings is 1. The van der Waals surface area contributed by atoms with Crippen LogP contribution < -0.4 is 5.73 Å². The second-order valence-electron chi connectivity index (χ2n) is 4.03. The molecular formula is C12H15N3S2. The molecule has 1 heterocycles. The third-order valence-corrected chi connectivity index (χ3v) is 4.05. The highest BCUT2D eigenvalue weighted by Crippen LogP contribution is 2.28. The van der Waals surface area contributed by atoms with Crippen molar-refractivity contribution in [1.29, 1.82) is 0 Å². The summed E-state index contributed by atoms with van der Waals surface area (Å²) < 4.78 is 5.15. The molecule has 0 aliphatic rings. The van der Waals surface area contributed by atoms with Crippen LogP contribution in [0.25, 0.3) is 0 Å². The van der Waals surface area contributed by atoms with Gasteiger partial charge in [0.15, 0.2) is 4.34 Å². The van der Waals surface area contributed by atoms with Crippen LogP contribution in [0.3, 0.4) is 0 Å². The van der Waals surface area contributed by atoms with E-state index in [1.165, 1.54) is 22.0 Å². The second-order valence-corrected chi connectivity index (χ2v) is 6.11. The summed E-state index contributed by atoms with van der Waals surface area (Å²) in [7, 11) is 0. The molecule has 3 nitrogen and oxygen atoms in total. The van der Waals surface area contributed by atoms with E-state index in [0.717, 1.165) is 16.6 Å². The molecule has 5 heteroatoms. The van der Waals surface area contributed by atoms with Crippen molar-refractivity contribution in [3.05, 3.63) is 35.7 Å². The smallest absolute Gasteiger partial charge is 0.174 e. The van der Waals surface area contributed by atoms with E-state index in [0.29, 0.717) is 0 Å². The van der Waals surface area contributed by atoms with Gasteiger partial charge >= 0.3 is 0 Å². The Morgan fingerprint density at radius 2 is 2.06 bits per heavy atom. The largest absolute Gasteiger partial charge is 0.328 e. The Hall–Kier alpha value is -0.910. The Balaban J connectivity index is 2.03. The monoisotopic (exact) mass is 265 g/mol. The third-order valence-electron chi connectivity index (χ3n) is 2.20. The number of hydrogen-bond donors (Lipinski definition) is 1. The van der Waals surface area contributed by atoms with Gasteiger partial charge in [-0.1, -0.05) is 23.9 Å². The zero-order valence-electron chi connectivity index (χ0n) is 9.88.